The van der Waals surface area contributed by atoms with E-state index in [0.29, 0.717) is 25.0 Å². The molecule has 6 heteroatoms. The Labute approximate surface area is 215 Å². The summed E-state index contributed by atoms with van der Waals surface area (Å²) in [7, 11) is 0. The number of aromatic hydroxyl groups is 2. The number of phenols is 2. The molecule has 0 aliphatic carbocycles. The minimum Gasteiger partial charge on any atom is -0.508 e. The van der Waals surface area contributed by atoms with Gasteiger partial charge in [-0.15, -0.1) is 5.92 Å². The number of unbranched alkanes of at least 4 members (excludes halogenated alkanes) is 4. The fraction of sp³-hybridized carbons (Fsp3) is 0.533. The Morgan fingerprint density at radius 2 is 1.50 bits per heavy atom. The van der Waals surface area contributed by atoms with Crippen molar-refractivity contribution in [3.8, 4) is 23.3 Å². The van der Waals surface area contributed by atoms with E-state index >= 15 is 0 Å². The van der Waals surface area contributed by atoms with Crippen LogP contribution in [0.25, 0.3) is 0 Å². The third-order valence-electron chi connectivity index (χ3n) is 6.10. The van der Waals surface area contributed by atoms with Gasteiger partial charge in [0.1, 0.15) is 17.6 Å². The molecule has 2 aromatic rings. The first kappa shape index (κ1) is 29.7. The molecular formula is C30H42O6. The van der Waals surface area contributed by atoms with E-state index in [1.54, 1.807) is 0 Å². The van der Waals surface area contributed by atoms with Gasteiger partial charge in [-0.2, -0.15) is 0 Å². The second-order valence-corrected chi connectivity index (χ2v) is 9.86. The normalized spacial score (nSPS) is 14.6. The summed E-state index contributed by atoms with van der Waals surface area (Å²) in [6.07, 6.45) is 2.17. The summed E-state index contributed by atoms with van der Waals surface area (Å²) in [6.45, 7) is 5.35. The molecule has 0 spiro atoms. The Morgan fingerprint density at radius 3 is 2.17 bits per heavy atom. The van der Waals surface area contributed by atoms with Gasteiger partial charge in [0, 0.05) is 31.4 Å². The number of rotatable bonds is 15. The molecule has 0 fully saturated rings. The molecule has 0 aliphatic rings. The van der Waals surface area contributed by atoms with Gasteiger partial charge in [-0.05, 0) is 48.4 Å². The standard InChI is InChI=1S/C30H42O6/c1-22(2)16-28(30(35)24-17-26(32)19-27(33)18-24)29(34)20-25(31)14-10-5-3-4-6-11-15-36-21-23-12-8-7-9-13-23/h7-9,12-13,17-19,22,25,28-35H,3-6,11,15-16,20-21H2,1-2H3/t25-,28-,29-,30+/m1/s1. The van der Waals surface area contributed by atoms with Crippen LogP contribution in [0.4, 0.5) is 0 Å². The zero-order chi connectivity index (χ0) is 26.3. The van der Waals surface area contributed by atoms with E-state index < -0.39 is 24.2 Å². The number of aliphatic hydroxyl groups is 3. The molecule has 0 bridgehead atoms. The van der Waals surface area contributed by atoms with Gasteiger partial charge < -0.3 is 30.3 Å². The van der Waals surface area contributed by atoms with E-state index in [4.69, 9.17) is 4.74 Å². The lowest BCUT2D eigenvalue weighted by Crippen LogP contribution is -2.31. The van der Waals surface area contributed by atoms with Crippen molar-refractivity contribution >= 4 is 0 Å². The Bertz CT molecular complexity index is 913. The van der Waals surface area contributed by atoms with Crippen molar-refractivity contribution in [2.45, 2.75) is 83.7 Å². The number of aliphatic hydroxyl groups excluding tert-OH is 3. The van der Waals surface area contributed by atoms with Crippen LogP contribution >= 0.6 is 0 Å². The van der Waals surface area contributed by atoms with Crippen molar-refractivity contribution in [3.05, 3.63) is 59.7 Å². The molecule has 2 aromatic carbocycles. The smallest absolute Gasteiger partial charge is 0.119 e. The maximum absolute atomic E-state index is 10.9. The van der Waals surface area contributed by atoms with Crippen LogP contribution in [0.3, 0.4) is 0 Å². The summed E-state index contributed by atoms with van der Waals surface area (Å²) >= 11 is 0. The predicted molar refractivity (Wildman–Crippen MR) is 141 cm³/mol. The van der Waals surface area contributed by atoms with E-state index in [2.05, 4.69) is 24.0 Å². The topological polar surface area (TPSA) is 110 Å². The van der Waals surface area contributed by atoms with Gasteiger partial charge in [0.05, 0.1) is 18.8 Å². The first-order valence-corrected chi connectivity index (χ1v) is 12.9. The van der Waals surface area contributed by atoms with E-state index in [1.807, 2.05) is 32.0 Å². The van der Waals surface area contributed by atoms with Gasteiger partial charge in [-0.1, -0.05) is 62.9 Å². The fourth-order valence-electron chi connectivity index (χ4n) is 4.26. The van der Waals surface area contributed by atoms with Crippen molar-refractivity contribution in [3.63, 3.8) is 0 Å². The largest absolute Gasteiger partial charge is 0.508 e. The lowest BCUT2D eigenvalue weighted by Gasteiger charge is -2.30. The summed E-state index contributed by atoms with van der Waals surface area (Å²) in [4.78, 5) is 0. The molecule has 198 valence electrons. The Morgan fingerprint density at radius 1 is 0.833 bits per heavy atom. The van der Waals surface area contributed by atoms with Crippen LogP contribution in [-0.2, 0) is 11.3 Å². The van der Waals surface area contributed by atoms with Crippen LogP contribution in [0, 0.1) is 23.7 Å². The first-order chi connectivity index (χ1) is 17.3. The van der Waals surface area contributed by atoms with Gasteiger partial charge in [0.2, 0.25) is 0 Å². The van der Waals surface area contributed by atoms with E-state index in [1.165, 1.54) is 23.8 Å². The van der Waals surface area contributed by atoms with Crippen LogP contribution in [0.5, 0.6) is 11.5 Å². The molecule has 36 heavy (non-hydrogen) atoms. The SMILES string of the molecule is CC(C)C[C@H]([C@H](O)C[C@H](O)C#CCCCCCCOCc1ccccc1)[C@@H](O)c1cc(O)cc(O)c1. The maximum Gasteiger partial charge on any atom is 0.119 e. The lowest BCUT2D eigenvalue weighted by atomic mass is 9.82. The van der Waals surface area contributed by atoms with Gasteiger partial charge in [-0.3, -0.25) is 0 Å². The summed E-state index contributed by atoms with van der Waals surface area (Å²) in [5, 5.41) is 51.5. The van der Waals surface area contributed by atoms with Gasteiger partial charge >= 0.3 is 0 Å². The summed E-state index contributed by atoms with van der Waals surface area (Å²) in [6, 6.07) is 14.0. The average Bonchev–Trinajstić information content (AvgIpc) is 2.83. The molecular weight excluding hydrogens is 456 g/mol. The van der Waals surface area contributed by atoms with Crippen LogP contribution < -0.4 is 0 Å². The van der Waals surface area contributed by atoms with Crippen LogP contribution in [0.15, 0.2) is 48.5 Å². The minimum absolute atomic E-state index is 0.0188. The molecule has 2 rings (SSSR count). The second kappa shape index (κ2) is 16.2. The highest BCUT2D eigenvalue weighted by Gasteiger charge is 2.30. The first-order valence-electron chi connectivity index (χ1n) is 12.9. The average molecular weight is 499 g/mol. The fourth-order valence-corrected chi connectivity index (χ4v) is 4.26. The zero-order valence-electron chi connectivity index (χ0n) is 21.5. The molecule has 0 aromatic heterocycles. The number of hydrogen-bond acceptors (Lipinski definition) is 6. The molecule has 5 N–H and O–H groups in total. The Balaban J connectivity index is 1.70. The lowest BCUT2D eigenvalue weighted by molar-refractivity contribution is -0.0165. The quantitative estimate of drug-likeness (QED) is 0.173. The van der Waals surface area contributed by atoms with Crippen molar-refractivity contribution < 1.29 is 30.3 Å². The van der Waals surface area contributed by atoms with Gasteiger partial charge in [0.25, 0.3) is 0 Å². The number of benzene rings is 2. The molecule has 0 radical (unpaired) electrons. The monoisotopic (exact) mass is 498 g/mol. The van der Waals surface area contributed by atoms with Crippen LogP contribution in [-0.4, -0.2) is 44.3 Å². The van der Waals surface area contributed by atoms with Gasteiger partial charge in [0.15, 0.2) is 0 Å². The molecule has 0 heterocycles. The predicted octanol–water partition coefficient (Wildman–Crippen LogP) is 5.08. The Hall–Kier alpha value is -2.56. The second-order valence-electron chi connectivity index (χ2n) is 9.86. The molecule has 0 aliphatic heterocycles. The van der Waals surface area contributed by atoms with E-state index in [9.17, 15) is 25.5 Å². The Kier molecular flexibility index (Phi) is 13.4. The summed E-state index contributed by atoms with van der Waals surface area (Å²) in [5.41, 5.74) is 1.50. The maximum atomic E-state index is 10.9. The highest BCUT2D eigenvalue weighted by Crippen LogP contribution is 2.35. The van der Waals surface area contributed by atoms with Crippen LogP contribution in [0.1, 0.15) is 76.0 Å². The highest BCUT2D eigenvalue weighted by atomic mass is 16.5. The van der Waals surface area contributed by atoms with Crippen molar-refractivity contribution in [1.29, 1.82) is 0 Å². The molecule has 0 unspecified atom stereocenters. The number of phenolic OH excluding ortho intramolecular Hbond substituents is 2. The van der Waals surface area contributed by atoms with Crippen molar-refractivity contribution in [2.75, 3.05) is 6.61 Å². The molecule has 0 amide bonds. The molecule has 0 saturated carbocycles. The number of hydrogen-bond donors (Lipinski definition) is 5. The van der Waals surface area contributed by atoms with E-state index in [0.717, 1.165) is 32.3 Å². The van der Waals surface area contributed by atoms with E-state index in [-0.39, 0.29) is 23.8 Å². The summed E-state index contributed by atoms with van der Waals surface area (Å²) in [5.74, 6) is 5.10. The van der Waals surface area contributed by atoms with Crippen molar-refractivity contribution in [2.24, 2.45) is 11.8 Å². The minimum atomic E-state index is -1.10. The van der Waals surface area contributed by atoms with Crippen LogP contribution in [0.2, 0.25) is 0 Å². The van der Waals surface area contributed by atoms with Gasteiger partial charge in [-0.25, -0.2) is 0 Å². The third-order valence-corrected chi connectivity index (χ3v) is 6.10. The zero-order valence-corrected chi connectivity index (χ0v) is 21.5. The van der Waals surface area contributed by atoms with Crippen molar-refractivity contribution in [1.82, 2.24) is 0 Å². The molecule has 0 saturated heterocycles. The third kappa shape index (κ3) is 11.5. The summed E-state index contributed by atoms with van der Waals surface area (Å²) < 4.78 is 5.69. The molecule has 4 atom stereocenters. The molecule has 6 nitrogen and oxygen atoms in total. The number of ether oxygens (including phenoxy) is 1. The highest BCUT2D eigenvalue weighted by molar-refractivity contribution is 5.38.